The molecule has 4 aliphatic heterocycles. The summed E-state index contributed by atoms with van der Waals surface area (Å²) >= 11 is 0. The predicted molar refractivity (Wildman–Crippen MR) is 151 cm³/mol. The second kappa shape index (κ2) is 9.61. The van der Waals surface area contributed by atoms with E-state index in [-0.39, 0.29) is 43.2 Å². The van der Waals surface area contributed by atoms with Crippen molar-refractivity contribution in [1.82, 2.24) is 0 Å². The molecule has 5 heterocycles. The summed E-state index contributed by atoms with van der Waals surface area (Å²) < 4.78 is 30.7. The lowest BCUT2D eigenvalue weighted by molar-refractivity contribution is -0.252. The van der Waals surface area contributed by atoms with Gasteiger partial charge in [0.2, 0.25) is 0 Å². The van der Waals surface area contributed by atoms with Gasteiger partial charge in [-0.3, -0.25) is 9.59 Å². The summed E-state index contributed by atoms with van der Waals surface area (Å²) in [6.45, 7) is 9.18. The molecule has 11 nitrogen and oxygen atoms in total. The summed E-state index contributed by atoms with van der Waals surface area (Å²) in [6.07, 6.45) is -0.248. The zero-order chi connectivity index (χ0) is 31.6. The number of rotatable bonds is 7. The fraction of sp³-hybridized carbons (Fsp3) is 0.788. The number of carbonyl (C=O) groups excluding carboxylic acids is 3. The smallest absolute Gasteiger partial charge is 0.339 e. The van der Waals surface area contributed by atoms with Crippen LogP contribution in [0, 0.1) is 34.0 Å². The molecule has 6 aliphatic rings. The Hall–Kier alpha value is -2.31. The predicted octanol–water partition coefficient (Wildman–Crippen LogP) is 2.42. The van der Waals surface area contributed by atoms with E-state index in [1.807, 2.05) is 34.6 Å². The SMILES string of the molecule is CCCC(Cc1occc1C1OC(=O)C2OC23C1(C)CCC1C24COC(=O)CC2OC(C)(C)C4C(=O)C(O)C13C)C(O)CO. The van der Waals surface area contributed by atoms with Crippen LogP contribution in [-0.2, 0) is 39.8 Å². The quantitative estimate of drug-likeness (QED) is 0.304. The summed E-state index contributed by atoms with van der Waals surface area (Å²) in [5, 5.41) is 32.3. The molecule has 0 aromatic carbocycles. The summed E-state index contributed by atoms with van der Waals surface area (Å²) in [5.41, 5.74) is -4.45. The van der Waals surface area contributed by atoms with Gasteiger partial charge in [-0.15, -0.1) is 0 Å². The molecule has 11 heteroatoms. The van der Waals surface area contributed by atoms with Crippen molar-refractivity contribution in [3.05, 3.63) is 23.7 Å². The highest BCUT2D eigenvalue weighted by atomic mass is 16.7. The first-order chi connectivity index (χ1) is 20.7. The third kappa shape index (κ3) is 3.48. The Morgan fingerprint density at radius 2 is 1.84 bits per heavy atom. The fourth-order valence-corrected chi connectivity index (χ4v) is 11.0. The van der Waals surface area contributed by atoms with Gasteiger partial charge in [0.1, 0.15) is 30.2 Å². The van der Waals surface area contributed by atoms with Crippen LogP contribution in [0.2, 0.25) is 0 Å². The van der Waals surface area contributed by atoms with E-state index in [0.717, 1.165) is 6.42 Å². The van der Waals surface area contributed by atoms with Gasteiger partial charge in [-0.2, -0.15) is 0 Å². The van der Waals surface area contributed by atoms with E-state index in [4.69, 9.17) is 23.4 Å². The van der Waals surface area contributed by atoms with Crippen LogP contribution in [0.1, 0.15) is 84.2 Å². The molecule has 4 saturated heterocycles. The molecule has 242 valence electrons. The average molecular weight is 617 g/mol. The molecule has 12 atom stereocenters. The van der Waals surface area contributed by atoms with Crippen molar-refractivity contribution < 1.29 is 53.1 Å². The molecule has 44 heavy (non-hydrogen) atoms. The van der Waals surface area contributed by atoms with Crippen molar-refractivity contribution in [1.29, 1.82) is 0 Å². The topological polar surface area (TPSA) is 165 Å². The Kier molecular flexibility index (Phi) is 6.63. The zero-order valence-electron chi connectivity index (χ0n) is 26.0. The number of ketones is 1. The maximum atomic E-state index is 14.4. The number of furan rings is 1. The number of carbonyl (C=O) groups is 3. The number of aliphatic hydroxyl groups excluding tert-OH is 3. The number of ether oxygens (including phenoxy) is 4. The highest BCUT2D eigenvalue weighted by Crippen LogP contribution is 2.80. The minimum atomic E-state index is -1.45. The highest BCUT2D eigenvalue weighted by Gasteiger charge is 2.90. The Labute approximate surface area is 256 Å². The van der Waals surface area contributed by atoms with Gasteiger partial charge in [0.15, 0.2) is 11.9 Å². The van der Waals surface area contributed by atoms with E-state index >= 15 is 0 Å². The van der Waals surface area contributed by atoms with E-state index < -0.39 is 69.9 Å². The molecule has 2 aliphatic carbocycles. The second-order valence-corrected chi connectivity index (χ2v) is 15.1. The maximum Gasteiger partial charge on any atom is 0.339 e. The maximum absolute atomic E-state index is 14.4. The molecule has 0 radical (unpaired) electrons. The number of Topliss-reactive ketones (excluding diaryl/α,β-unsaturated/α-hetero) is 1. The normalized spacial score (nSPS) is 46.4. The number of fused-ring (bicyclic) bond motifs is 1. The minimum absolute atomic E-state index is 0.00648. The Bertz CT molecular complexity index is 1390. The largest absolute Gasteiger partial charge is 0.469 e. The van der Waals surface area contributed by atoms with Gasteiger partial charge in [0.05, 0.1) is 43.0 Å². The fourth-order valence-electron chi connectivity index (χ4n) is 11.0. The van der Waals surface area contributed by atoms with Crippen LogP contribution >= 0.6 is 0 Å². The van der Waals surface area contributed by atoms with Gasteiger partial charge in [-0.05, 0) is 51.0 Å². The van der Waals surface area contributed by atoms with Crippen LogP contribution in [0.5, 0.6) is 0 Å². The molecule has 12 unspecified atom stereocenters. The van der Waals surface area contributed by atoms with Crippen LogP contribution in [0.3, 0.4) is 0 Å². The molecular weight excluding hydrogens is 572 g/mol. The van der Waals surface area contributed by atoms with Gasteiger partial charge < -0.3 is 38.7 Å². The lowest BCUT2D eigenvalue weighted by Crippen LogP contribution is -2.76. The third-order valence-corrected chi connectivity index (χ3v) is 12.8. The molecule has 3 N–H and O–H groups in total. The van der Waals surface area contributed by atoms with E-state index in [9.17, 15) is 29.7 Å². The van der Waals surface area contributed by atoms with Crippen molar-refractivity contribution in [3.8, 4) is 0 Å². The van der Waals surface area contributed by atoms with Crippen LogP contribution in [-0.4, -0.2) is 81.9 Å². The number of hydrogen-bond acceptors (Lipinski definition) is 11. The lowest BCUT2D eigenvalue weighted by atomic mass is 9.36. The molecule has 0 bridgehead atoms. The van der Waals surface area contributed by atoms with Gasteiger partial charge in [0.25, 0.3) is 0 Å². The first-order valence-corrected chi connectivity index (χ1v) is 16.0. The molecule has 2 saturated carbocycles. The Balaban J connectivity index is 1.33. The molecule has 2 spiro atoms. The Morgan fingerprint density at radius 3 is 2.55 bits per heavy atom. The van der Waals surface area contributed by atoms with Crippen LogP contribution in [0.25, 0.3) is 0 Å². The number of aliphatic hydroxyl groups is 3. The summed E-state index contributed by atoms with van der Waals surface area (Å²) in [4.78, 5) is 40.5. The van der Waals surface area contributed by atoms with Crippen LogP contribution in [0.15, 0.2) is 16.7 Å². The monoisotopic (exact) mass is 616 g/mol. The van der Waals surface area contributed by atoms with Crippen LogP contribution in [0.4, 0.5) is 0 Å². The standard InChI is InChI=1S/C33H44O11/c1-6-7-16(18(35)14-34)12-19-17(9-11-40-19)26-30(4)10-8-20-31(5,33(30)27(44-33)28(39)42-26)25(38)23(37)24-29(2,3)43-21-13-22(36)41-15-32(20,21)24/h9,11,16,18,20-21,24-27,34-35,38H,6-8,10,12-15H2,1-5H3. The van der Waals surface area contributed by atoms with Crippen LogP contribution < -0.4 is 0 Å². The number of hydrogen-bond donors (Lipinski definition) is 3. The van der Waals surface area contributed by atoms with Crippen molar-refractivity contribution >= 4 is 17.7 Å². The highest BCUT2D eigenvalue weighted by molar-refractivity contribution is 5.92. The van der Waals surface area contributed by atoms with Crippen molar-refractivity contribution in [2.24, 2.45) is 34.0 Å². The third-order valence-electron chi connectivity index (χ3n) is 12.8. The second-order valence-electron chi connectivity index (χ2n) is 15.1. The van der Waals surface area contributed by atoms with Gasteiger partial charge in [-0.25, -0.2) is 4.79 Å². The molecule has 1 aromatic heterocycles. The van der Waals surface area contributed by atoms with Crippen molar-refractivity contribution in [3.63, 3.8) is 0 Å². The molecule has 0 amide bonds. The molecule has 7 rings (SSSR count). The lowest BCUT2D eigenvalue weighted by Gasteiger charge is -2.66. The van der Waals surface area contributed by atoms with E-state index in [0.29, 0.717) is 37.0 Å². The zero-order valence-corrected chi connectivity index (χ0v) is 26.0. The van der Waals surface area contributed by atoms with E-state index in [1.165, 1.54) is 6.26 Å². The molecule has 1 aromatic rings. The number of epoxide rings is 1. The van der Waals surface area contributed by atoms with Crippen molar-refractivity contribution in [2.45, 2.75) is 115 Å². The van der Waals surface area contributed by atoms with Gasteiger partial charge in [-0.1, -0.05) is 27.2 Å². The summed E-state index contributed by atoms with van der Waals surface area (Å²) in [6, 6.07) is 1.78. The first-order valence-electron chi connectivity index (χ1n) is 16.0. The molecular formula is C33H44O11. The first kappa shape index (κ1) is 30.3. The summed E-state index contributed by atoms with van der Waals surface area (Å²) in [5.74, 6) is -2.06. The average Bonchev–Trinajstić information content (AvgIpc) is 3.53. The van der Waals surface area contributed by atoms with E-state index in [1.54, 1.807) is 6.07 Å². The van der Waals surface area contributed by atoms with Gasteiger partial charge in [0, 0.05) is 28.2 Å². The number of esters is 2. The van der Waals surface area contributed by atoms with Gasteiger partial charge >= 0.3 is 11.9 Å². The minimum Gasteiger partial charge on any atom is -0.469 e. The summed E-state index contributed by atoms with van der Waals surface area (Å²) in [7, 11) is 0. The van der Waals surface area contributed by atoms with E-state index in [2.05, 4.69) is 0 Å². The number of cyclic esters (lactones) is 2. The molecule has 6 fully saturated rings. The van der Waals surface area contributed by atoms with Crippen molar-refractivity contribution in [2.75, 3.05) is 13.2 Å². The Morgan fingerprint density at radius 1 is 1.09 bits per heavy atom.